The Morgan fingerprint density at radius 2 is 2.26 bits per heavy atom. The van der Waals surface area contributed by atoms with Gasteiger partial charge in [0.15, 0.2) is 0 Å². The van der Waals surface area contributed by atoms with Crippen LogP contribution >= 0.6 is 0 Å². The maximum atomic E-state index is 5.32. The number of hydrogen-bond donors (Lipinski definition) is 1. The third-order valence-electron chi connectivity index (χ3n) is 3.57. The lowest BCUT2D eigenvalue weighted by Gasteiger charge is -2.19. The van der Waals surface area contributed by atoms with Gasteiger partial charge in [0.25, 0.3) is 0 Å². The van der Waals surface area contributed by atoms with Gasteiger partial charge in [-0.2, -0.15) is 5.10 Å². The number of rotatable bonds is 5. The first-order valence-corrected chi connectivity index (χ1v) is 6.65. The molecule has 4 nitrogen and oxygen atoms in total. The summed E-state index contributed by atoms with van der Waals surface area (Å²) >= 11 is 0. The number of aryl methyl sites for hydroxylation is 1. The molecule has 1 saturated carbocycles. The van der Waals surface area contributed by atoms with E-state index in [-0.39, 0.29) is 0 Å². The van der Waals surface area contributed by atoms with Crippen molar-refractivity contribution in [2.24, 2.45) is 13.0 Å². The zero-order valence-electron chi connectivity index (χ0n) is 11.3. The van der Waals surface area contributed by atoms with E-state index in [0.29, 0.717) is 12.0 Å². The highest BCUT2D eigenvalue weighted by Gasteiger charge is 2.32. The largest absolute Gasteiger partial charge is 0.497 e. The van der Waals surface area contributed by atoms with E-state index in [0.717, 1.165) is 11.4 Å². The van der Waals surface area contributed by atoms with Crippen LogP contribution in [-0.4, -0.2) is 16.9 Å². The molecule has 0 amide bonds. The average molecular weight is 257 g/mol. The first kappa shape index (κ1) is 12.1. The van der Waals surface area contributed by atoms with Gasteiger partial charge in [-0.3, -0.25) is 4.68 Å². The molecular formula is C15H19N3O. The average Bonchev–Trinajstić information content (AvgIpc) is 3.19. The van der Waals surface area contributed by atoms with Crippen molar-refractivity contribution in [2.45, 2.75) is 18.9 Å². The predicted octanol–water partition coefficient (Wildman–Crippen LogP) is 2.99. The number of benzene rings is 1. The molecule has 1 atom stereocenters. The van der Waals surface area contributed by atoms with Gasteiger partial charge in [-0.25, -0.2) is 0 Å². The van der Waals surface area contributed by atoms with Gasteiger partial charge >= 0.3 is 0 Å². The highest BCUT2D eigenvalue weighted by atomic mass is 16.5. The normalized spacial score (nSPS) is 16.1. The SMILES string of the molecule is COc1cccc([C@H](Nc2cnn(C)c2)C2CC2)c1. The molecule has 1 aliphatic rings. The van der Waals surface area contributed by atoms with Gasteiger partial charge in [0.2, 0.25) is 0 Å². The summed E-state index contributed by atoms with van der Waals surface area (Å²) in [5.74, 6) is 1.63. The zero-order chi connectivity index (χ0) is 13.2. The Bertz CT molecular complexity index is 560. The summed E-state index contributed by atoms with van der Waals surface area (Å²) in [4.78, 5) is 0. The fourth-order valence-electron chi connectivity index (χ4n) is 2.41. The molecule has 1 N–H and O–H groups in total. The number of anilines is 1. The van der Waals surface area contributed by atoms with Gasteiger partial charge in [0.1, 0.15) is 5.75 Å². The van der Waals surface area contributed by atoms with E-state index in [2.05, 4.69) is 28.6 Å². The quantitative estimate of drug-likeness (QED) is 0.895. The Morgan fingerprint density at radius 1 is 1.42 bits per heavy atom. The highest BCUT2D eigenvalue weighted by Crippen LogP contribution is 2.43. The summed E-state index contributed by atoms with van der Waals surface area (Å²) in [7, 11) is 3.64. The molecule has 0 saturated heterocycles. The van der Waals surface area contributed by atoms with Gasteiger partial charge in [0.05, 0.1) is 25.0 Å². The molecule has 0 bridgehead atoms. The van der Waals surface area contributed by atoms with Crippen LogP contribution in [0.5, 0.6) is 5.75 Å². The van der Waals surface area contributed by atoms with Crippen LogP contribution in [0, 0.1) is 5.92 Å². The molecule has 2 aromatic rings. The Kier molecular flexibility index (Phi) is 3.15. The third kappa shape index (κ3) is 2.72. The van der Waals surface area contributed by atoms with Gasteiger partial charge in [-0.1, -0.05) is 12.1 Å². The van der Waals surface area contributed by atoms with Crippen LogP contribution in [0.1, 0.15) is 24.4 Å². The lowest BCUT2D eigenvalue weighted by atomic mass is 10.0. The molecule has 4 heteroatoms. The van der Waals surface area contributed by atoms with Crippen molar-refractivity contribution in [1.29, 1.82) is 0 Å². The molecule has 0 aliphatic heterocycles. The van der Waals surface area contributed by atoms with Crippen LogP contribution in [0.4, 0.5) is 5.69 Å². The molecule has 0 radical (unpaired) electrons. The third-order valence-corrected chi connectivity index (χ3v) is 3.57. The van der Waals surface area contributed by atoms with E-state index in [1.165, 1.54) is 18.4 Å². The molecule has 0 unspecified atom stereocenters. The first-order valence-electron chi connectivity index (χ1n) is 6.65. The molecule has 100 valence electrons. The minimum absolute atomic E-state index is 0.347. The van der Waals surface area contributed by atoms with Crippen LogP contribution < -0.4 is 10.1 Å². The minimum atomic E-state index is 0.347. The zero-order valence-corrected chi connectivity index (χ0v) is 11.3. The molecule has 1 aliphatic carbocycles. The van der Waals surface area contributed by atoms with Crippen LogP contribution in [-0.2, 0) is 7.05 Å². The summed E-state index contributed by atoms with van der Waals surface area (Å²) in [5, 5.41) is 7.80. The van der Waals surface area contributed by atoms with Gasteiger partial charge < -0.3 is 10.1 Å². The monoisotopic (exact) mass is 257 g/mol. The summed E-state index contributed by atoms with van der Waals surface area (Å²) in [5.41, 5.74) is 2.35. The van der Waals surface area contributed by atoms with E-state index in [4.69, 9.17) is 4.74 Å². The van der Waals surface area contributed by atoms with Crippen LogP contribution in [0.25, 0.3) is 0 Å². The second-order valence-electron chi connectivity index (χ2n) is 5.14. The first-order chi connectivity index (χ1) is 9.26. The number of methoxy groups -OCH3 is 1. The molecular weight excluding hydrogens is 238 g/mol. The maximum absolute atomic E-state index is 5.32. The summed E-state index contributed by atoms with van der Waals surface area (Å²) < 4.78 is 7.13. The number of nitrogens with one attached hydrogen (secondary N) is 1. The van der Waals surface area contributed by atoms with E-state index in [1.807, 2.05) is 30.2 Å². The van der Waals surface area contributed by atoms with E-state index < -0.39 is 0 Å². The van der Waals surface area contributed by atoms with Crippen molar-refractivity contribution < 1.29 is 4.74 Å². The molecule has 1 aromatic heterocycles. The van der Waals surface area contributed by atoms with Crippen molar-refractivity contribution in [3.63, 3.8) is 0 Å². The smallest absolute Gasteiger partial charge is 0.119 e. The molecule has 1 fully saturated rings. The van der Waals surface area contributed by atoms with Crippen molar-refractivity contribution in [1.82, 2.24) is 9.78 Å². The van der Waals surface area contributed by atoms with Crippen LogP contribution in [0.2, 0.25) is 0 Å². The summed E-state index contributed by atoms with van der Waals surface area (Å²) in [6.07, 6.45) is 6.45. The van der Waals surface area contributed by atoms with Crippen LogP contribution in [0.3, 0.4) is 0 Å². The molecule has 19 heavy (non-hydrogen) atoms. The summed E-state index contributed by atoms with van der Waals surface area (Å²) in [6.45, 7) is 0. The van der Waals surface area contributed by atoms with Gasteiger partial charge in [0, 0.05) is 13.2 Å². The molecule has 1 aromatic carbocycles. The Morgan fingerprint density at radius 3 is 2.89 bits per heavy atom. The van der Waals surface area contributed by atoms with Crippen LogP contribution in [0.15, 0.2) is 36.7 Å². The topological polar surface area (TPSA) is 39.1 Å². The van der Waals surface area contributed by atoms with Crippen molar-refractivity contribution in [2.75, 3.05) is 12.4 Å². The predicted molar refractivity (Wildman–Crippen MR) is 75.3 cm³/mol. The van der Waals surface area contributed by atoms with Gasteiger partial charge in [-0.15, -0.1) is 0 Å². The number of hydrogen-bond acceptors (Lipinski definition) is 3. The van der Waals surface area contributed by atoms with Crippen molar-refractivity contribution in [3.05, 3.63) is 42.2 Å². The van der Waals surface area contributed by atoms with Crippen molar-refractivity contribution >= 4 is 5.69 Å². The van der Waals surface area contributed by atoms with E-state index >= 15 is 0 Å². The summed E-state index contributed by atoms with van der Waals surface area (Å²) in [6, 6.07) is 8.66. The second-order valence-corrected chi connectivity index (χ2v) is 5.14. The molecule has 3 rings (SSSR count). The number of aromatic nitrogens is 2. The Hall–Kier alpha value is -1.97. The fourth-order valence-corrected chi connectivity index (χ4v) is 2.41. The second kappa shape index (κ2) is 4.96. The van der Waals surface area contributed by atoms with Gasteiger partial charge in [-0.05, 0) is 36.5 Å². The lowest BCUT2D eigenvalue weighted by molar-refractivity contribution is 0.413. The Balaban J connectivity index is 1.83. The lowest BCUT2D eigenvalue weighted by Crippen LogP contribution is -2.12. The fraction of sp³-hybridized carbons (Fsp3) is 0.400. The minimum Gasteiger partial charge on any atom is -0.497 e. The maximum Gasteiger partial charge on any atom is 0.119 e. The van der Waals surface area contributed by atoms with E-state index in [1.54, 1.807) is 7.11 Å². The van der Waals surface area contributed by atoms with Crippen molar-refractivity contribution in [3.8, 4) is 5.75 Å². The van der Waals surface area contributed by atoms with E-state index in [9.17, 15) is 0 Å². The Labute approximate surface area is 113 Å². The number of nitrogens with zero attached hydrogens (tertiary/aromatic N) is 2. The molecule has 0 spiro atoms. The molecule has 1 heterocycles. The standard InChI is InChI=1S/C15H19N3O/c1-18-10-13(9-16-18)17-15(11-6-7-11)12-4-3-5-14(8-12)19-2/h3-5,8-11,15,17H,6-7H2,1-2H3/t15-/m1/s1. The highest BCUT2D eigenvalue weighted by molar-refractivity contribution is 5.44. The number of ether oxygens (including phenoxy) is 1.